The van der Waals surface area contributed by atoms with Crippen LogP contribution in [-0.4, -0.2) is 0 Å². The zero-order chi connectivity index (χ0) is 9.97. The fourth-order valence-electron chi connectivity index (χ4n) is 1.36. The molecular weight excluding hydrogens is 238 g/mol. The SMILES string of the molecule is Nc1ccc(-c2ccccc2Br)cc1. The number of benzene rings is 2. The normalized spacial score (nSPS) is 10.1. The first-order valence-electron chi connectivity index (χ1n) is 4.38. The van der Waals surface area contributed by atoms with Gasteiger partial charge in [-0.15, -0.1) is 0 Å². The summed E-state index contributed by atoms with van der Waals surface area (Å²) in [5, 5.41) is 0. The molecule has 2 heteroatoms. The van der Waals surface area contributed by atoms with Crippen LogP contribution in [-0.2, 0) is 0 Å². The van der Waals surface area contributed by atoms with Crippen molar-refractivity contribution in [1.82, 2.24) is 0 Å². The largest absolute Gasteiger partial charge is 0.399 e. The molecule has 0 unspecified atom stereocenters. The van der Waals surface area contributed by atoms with Crippen molar-refractivity contribution >= 4 is 21.6 Å². The third-order valence-electron chi connectivity index (χ3n) is 2.10. The smallest absolute Gasteiger partial charge is 0.0314 e. The summed E-state index contributed by atoms with van der Waals surface area (Å²) in [7, 11) is 0. The maximum atomic E-state index is 5.63. The summed E-state index contributed by atoms with van der Waals surface area (Å²) in [5.41, 5.74) is 8.78. The fourth-order valence-corrected chi connectivity index (χ4v) is 1.87. The second kappa shape index (κ2) is 3.84. The van der Waals surface area contributed by atoms with E-state index in [4.69, 9.17) is 5.73 Å². The van der Waals surface area contributed by atoms with Gasteiger partial charge in [0.15, 0.2) is 0 Å². The van der Waals surface area contributed by atoms with E-state index >= 15 is 0 Å². The molecule has 0 fully saturated rings. The van der Waals surface area contributed by atoms with E-state index in [0.29, 0.717) is 0 Å². The molecule has 0 spiro atoms. The van der Waals surface area contributed by atoms with Crippen LogP contribution >= 0.6 is 15.9 Å². The molecule has 0 aromatic heterocycles. The van der Waals surface area contributed by atoms with Gasteiger partial charge in [0.1, 0.15) is 0 Å². The fraction of sp³-hybridized carbons (Fsp3) is 0. The first kappa shape index (κ1) is 9.28. The van der Waals surface area contributed by atoms with Crippen LogP contribution in [0.25, 0.3) is 11.1 Å². The summed E-state index contributed by atoms with van der Waals surface area (Å²) >= 11 is 3.52. The maximum absolute atomic E-state index is 5.63. The van der Waals surface area contributed by atoms with Gasteiger partial charge in [-0.2, -0.15) is 0 Å². The average molecular weight is 248 g/mol. The highest BCUT2D eigenvalue weighted by atomic mass is 79.9. The highest BCUT2D eigenvalue weighted by Crippen LogP contribution is 2.28. The number of rotatable bonds is 1. The Kier molecular flexibility index (Phi) is 2.55. The molecule has 14 heavy (non-hydrogen) atoms. The van der Waals surface area contributed by atoms with Gasteiger partial charge < -0.3 is 5.73 Å². The second-order valence-electron chi connectivity index (χ2n) is 3.10. The van der Waals surface area contributed by atoms with Gasteiger partial charge in [0.25, 0.3) is 0 Å². The number of halogens is 1. The standard InChI is InChI=1S/C12H10BrN/c13-12-4-2-1-3-11(12)9-5-7-10(14)8-6-9/h1-8H,14H2. The lowest BCUT2D eigenvalue weighted by Crippen LogP contribution is -1.84. The Morgan fingerprint density at radius 2 is 1.50 bits per heavy atom. The molecule has 0 bridgehead atoms. The minimum Gasteiger partial charge on any atom is -0.399 e. The minimum atomic E-state index is 0.792. The zero-order valence-corrected chi connectivity index (χ0v) is 9.16. The lowest BCUT2D eigenvalue weighted by Gasteiger charge is -2.04. The maximum Gasteiger partial charge on any atom is 0.0314 e. The van der Waals surface area contributed by atoms with E-state index in [0.717, 1.165) is 10.2 Å². The van der Waals surface area contributed by atoms with Crippen LogP contribution in [0.4, 0.5) is 5.69 Å². The first-order valence-corrected chi connectivity index (χ1v) is 5.17. The molecule has 0 radical (unpaired) electrons. The summed E-state index contributed by atoms with van der Waals surface area (Å²) in [6.07, 6.45) is 0. The zero-order valence-electron chi connectivity index (χ0n) is 7.57. The molecule has 0 atom stereocenters. The molecule has 0 aliphatic carbocycles. The van der Waals surface area contributed by atoms with Crippen LogP contribution in [0.1, 0.15) is 0 Å². The second-order valence-corrected chi connectivity index (χ2v) is 3.96. The summed E-state index contributed by atoms with van der Waals surface area (Å²) in [6, 6.07) is 16.0. The van der Waals surface area contributed by atoms with Crippen LogP contribution in [0.2, 0.25) is 0 Å². The topological polar surface area (TPSA) is 26.0 Å². The number of hydrogen-bond acceptors (Lipinski definition) is 1. The summed E-state index contributed by atoms with van der Waals surface area (Å²) < 4.78 is 1.10. The van der Waals surface area contributed by atoms with Gasteiger partial charge in [-0.3, -0.25) is 0 Å². The lowest BCUT2D eigenvalue weighted by atomic mass is 10.1. The van der Waals surface area contributed by atoms with Crippen molar-refractivity contribution < 1.29 is 0 Å². The molecule has 2 N–H and O–H groups in total. The Hall–Kier alpha value is -1.28. The van der Waals surface area contributed by atoms with E-state index in [-0.39, 0.29) is 0 Å². The number of nitrogen functional groups attached to an aromatic ring is 1. The van der Waals surface area contributed by atoms with E-state index in [2.05, 4.69) is 22.0 Å². The first-order chi connectivity index (χ1) is 6.77. The average Bonchev–Trinajstić information content (AvgIpc) is 2.20. The Morgan fingerprint density at radius 3 is 2.14 bits per heavy atom. The molecule has 1 nitrogen and oxygen atoms in total. The molecule has 0 heterocycles. The number of nitrogens with two attached hydrogens (primary N) is 1. The van der Waals surface area contributed by atoms with E-state index in [1.54, 1.807) is 0 Å². The summed E-state index contributed by atoms with van der Waals surface area (Å²) in [6.45, 7) is 0. The van der Waals surface area contributed by atoms with Crippen LogP contribution in [0, 0.1) is 0 Å². The predicted octanol–water partition coefficient (Wildman–Crippen LogP) is 3.70. The van der Waals surface area contributed by atoms with Crippen molar-refractivity contribution in [2.45, 2.75) is 0 Å². The summed E-state index contributed by atoms with van der Waals surface area (Å²) in [4.78, 5) is 0. The van der Waals surface area contributed by atoms with Gasteiger partial charge in [0.05, 0.1) is 0 Å². The van der Waals surface area contributed by atoms with Crippen molar-refractivity contribution in [3.8, 4) is 11.1 Å². The van der Waals surface area contributed by atoms with Crippen molar-refractivity contribution in [1.29, 1.82) is 0 Å². The van der Waals surface area contributed by atoms with Crippen molar-refractivity contribution in [2.75, 3.05) is 5.73 Å². The summed E-state index contributed by atoms with van der Waals surface area (Å²) in [5.74, 6) is 0. The molecule has 0 saturated heterocycles. The van der Waals surface area contributed by atoms with E-state index < -0.39 is 0 Å². The van der Waals surface area contributed by atoms with Crippen molar-refractivity contribution in [3.63, 3.8) is 0 Å². The van der Waals surface area contributed by atoms with Crippen LogP contribution in [0.3, 0.4) is 0 Å². The van der Waals surface area contributed by atoms with Gasteiger partial charge >= 0.3 is 0 Å². The van der Waals surface area contributed by atoms with E-state index in [1.807, 2.05) is 42.5 Å². The van der Waals surface area contributed by atoms with Crippen molar-refractivity contribution in [2.24, 2.45) is 0 Å². The number of anilines is 1. The Balaban J connectivity index is 2.50. The van der Waals surface area contributed by atoms with Crippen LogP contribution < -0.4 is 5.73 Å². The minimum absolute atomic E-state index is 0.792. The van der Waals surface area contributed by atoms with Gasteiger partial charge in [-0.25, -0.2) is 0 Å². The molecule has 0 amide bonds. The third-order valence-corrected chi connectivity index (χ3v) is 2.79. The Morgan fingerprint density at radius 1 is 0.857 bits per heavy atom. The molecule has 0 aliphatic rings. The van der Waals surface area contributed by atoms with Gasteiger partial charge in [-0.1, -0.05) is 46.3 Å². The highest BCUT2D eigenvalue weighted by molar-refractivity contribution is 9.10. The van der Waals surface area contributed by atoms with Gasteiger partial charge in [0.2, 0.25) is 0 Å². The monoisotopic (exact) mass is 247 g/mol. The quantitative estimate of drug-likeness (QED) is 0.765. The lowest BCUT2D eigenvalue weighted by molar-refractivity contribution is 1.58. The van der Waals surface area contributed by atoms with Crippen LogP contribution in [0.15, 0.2) is 53.0 Å². The van der Waals surface area contributed by atoms with Gasteiger partial charge in [-0.05, 0) is 29.3 Å². The molecule has 0 saturated carbocycles. The molecule has 2 aromatic carbocycles. The van der Waals surface area contributed by atoms with Gasteiger partial charge in [0, 0.05) is 10.2 Å². The molecule has 2 aromatic rings. The van der Waals surface area contributed by atoms with E-state index in [9.17, 15) is 0 Å². The van der Waals surface area contributed by atoms with Crippen molar-refractivity contribution in [3.05, 3.63) is 53.0 Å². The molecule has 70 valence electrons. The van der Waals surface area contributed by atoms with E-state index in [1.165, 1.54) is 11.1 Å². The highest BCUT2D eigenvalue weighted by Gasteiger charge is 2.00. The predicted molar refractivity (Wildman–Crippen MR) is 64.0 cm³/mol. The number of hydrogen-bond donors (Lipinski definition) is 1. The molecule has 0 aliphatic heterocycles. The molecule has 2 rings (SSSR count). The Labute approximate surface area is 91.7 Å². The van der Waals surface area contributed by atoms with Crippen LogP contribution in [0.5, 0.6) is 0 Å². The third kappa shape index (κ3) is 1.80. The Bertz CT molecular complexity index is 434. The molecular formula is C12H10BrN.